The van der Waals surface area contributed by atoms with Crippen molar-refractivity contribution in [2.75, 3.05) is 26.2 Å². The predicted molar refractivity (Wildman–Crippen MR) is 96.1 cm³/mol. The molecule has 1 atom stereocenters. The monoisotopic (exact) mass is 343 g/mol. The number of hydrogen-bond acceptors (Lipinski definition) is 5. The van der Waals surface area contributed by atoms with E-state index in [4.69, 9.17) is 4.42 Å². The lowest BCUT2D eigenvalue weighted by molar-refractivity contribution is 0.193. The number of furan rings is 1. The molecule has 2 aromatic heterocycles. The minimum Gasteiger partial charge on any atom is -0.472 e. The van der Waals surface area contributed by atoms with Gasteiger partial charge in [0.1, 0.15) is 11.6 Å². The number of nitrogens with zero attached hydrogens (tertiary/aromatic N) is 5. The van der Waals surface area contributed by atoms with Gasteiger partial charge < -0.3 is 8.98 Å². The molecule has 6 nitrogen and oxygen atoms in total. The lowest BCUT2D eigenvalue weighted by Gasteiger charge is -2.32. The number of piperidine rings is 2. The van der Waals surface area contributed by atoms with Crippen molar-refractivity contribution >= 4 is 0 Å². The Labute approximate surface area is 149 Å². The summed E-state index contributed by atoms with van der Waals surface area (Å²) in [6, 6.07) is 2.06. The first-order valence-electron chi connectivity index (χ1n) is 9.63. The second-order valence-electron chi connectivity index (χ2n) is 7.58. The van der Waals surface area contributed by atoms with E-state index in [1.54, 1.807) is 6.26 Å². The highest BCUT2D eigenvalue weighted by molar-refractivity contribution is 5.08. The molecule has 2 aliphatic rings. The van der Waals surface area contributed by atoms with Crippen LogP contribution < -0.4 is 0 Å². The third kappa shape index (κ3) is 3.96. The minimum atomic E-state index is 0.480. The van der Waals surface area contributed by atoms with Gasteiger partial charge in [-0.25, -0.2) is 0 Å². The van der Waals surface area contributed by atoms with Crippen molar-refractivity contribution in [1.82, 2.24) is 24.6 Å². The van der Waals surface area contributed by atoms with Crippen LogP contribution in [0, 0.1) is 0 Å². The SMILES string of the molecule is Cn1c(CN2CCCCC2)nnc1C1CCCN(Cc2ccoc2)C1. The quantitative estimate of drug-likeness (QED) is 0.835. The van der Waals surface area contributed by atoms with Gasteiger partial charge in [0.05, 0.1) is 19.1 Å². The van der Waals surface area contributed by atoms with Crippen LogP contribution in [0.15, 0.2) is 23.0 Å². The molecule has 0 aromatic carbocycles. The summed E-state index contributed by atoms with van der Waals surface area (Å²) in [7, 11) is 2.14. The van der Waals surface area contributed by atoms with Crippen LogP contribution in [0.4, 0.5) is 0 Å². The van der Waals surface area contributed by atoms with Gasteiger partial charge in [0.15, 0.2) is 0 Å². The maximum Gasteiger partial charge on any atom is 0.146 e. The van der Waals surface area contributed by atoms with Gasteiger partial charge >= 0.3 is 0 Å². The number of rotatable bonds is 5. The Bertz CT molecular complexity index is 659. The molecule has 2 aliphatic heterocycles. The van der Waals surface area contributed by atoms with Gasteiger partial charge in [0.25, 0.3) is 0 Å². The summed E-state index contributed by atoms with van der Waals surface area (Å²) >= 11 is 0. The molecule has 4 heterocycles. The second-order valence-corrected chi connectivity index (χ2v) is 7.58. The van der Waals surface area contributed by atoms with E-state index in [1.165, 1.54) is 50.8 Å². The number of likely N-dealkylation sites (tertiary alicyclic amines) is 2. The predicted octanol–water partition coefficient (Wildman–Crippen LogP) is 2.77. The molecule has 2 fully saturated rings. The van der Waals surface area contributed by atoms with Crippen LogP contribution in [0.5, 0.6) is 0 Å². The van der Waals surface area contributed by atoms with E-state index >= 15 is 0 Å². The summed E-state index contributed by atoms with van der Waals surface area (Å²) in [5.74, 6) is 2.75. The minimum absolute atomic E-state index is 0.480. The van der Waals surface area contributed by atoms with Crippen LogP contribution in [0.2, 0.25) is 0 Å². The van der Waals surface area contributed by atoms with Crippen LogP contribution in [-0.2, 0) is 20.1 Å². The first kappa shape index (κ1) is 16.8. The molecule has 0 amide bonds. The van der Waals surface area contributed by atoms with Crippen LogP contribution in [0.3, 0.4) is 0 Å². The van der Waals surface area contributed by atoms with Gasteiger partial charge in [-0.15, -0.1) is 10.2 Å². The van der Waals surface area contributed by atoms with Crippen LogP contribution in [0.25, 0.3) is 0 Å². The Morgan fingerprint density at radius 2 is 1.88 bits per heavy atom. The third-order valence-corrected chi connectivity index (χ3v) is 5.67. The highest BCUT2D eigenvalue weighted by Gasteiger charge is 2.26. The molecule has 25 heavy (non-hydrogen) atoms. The lowest BCUT2D eigenvalue weighted by atomic mass is 9.97. The van der Waals surface area contributed by atoms with Crippen molar-refractivity contribution < 1.29 is 4.42 Å². The largest absolute Gasteiger partial charge is 0.472 e. The van der Waals surface area contributed by atoms with E-state index in [-0.39, 0.29) is 0 Å². The highest BCUT2D eigenvalue weighted by atomic mass is 16.3. The number of hydrogen-bond donors (Lipinski definition) is 0. The molecule has 0 N–H and O–H groups in total. The first-order valence-corrected chi connectivity index (χ1v) is 9.63. The Morgan fingerprint density at radius 3 is 2.68 bits per heavy atom. The van der Waals surface area contributed by atoms with Gasteiger partial charge in [-0.3, -0.25) is 9.80 Å². The van der Waals surface area contributed by atoms with Crippen LogP contribution in [-0.4, -0.2) is 50.7 Å². The van der Waals surface area contributed by atoms with Crippen molar-refractivity contribution in [1.29, 1.82) is 0 Å². The van der Waals surface area contributed by atoms with Crippen LogP contribution in [0.1, 0.15) is 55.2 Å². The summed E-state index contributed by atoms with van der Waals surface area (Å²) in [4.78, 5) is 5.03. The standard InChI is InChI=1S/C19H29N5O/c1-22-18(14-23-8-3-2-4-9-23)20-21-19(22)17-6-5-10-24(13-17)12-16-7-11-25-15-16/h7,11,15,17H,2-6,8-10,12-14H2,1H3. The summed E-state index contributed by atoms with van der Waals surface area (Å²) in [5, 5.41) is 9.10. The number of aromatic nitrogens is 3. The maximum absolute atomic E-state index is 5.20. The van der Waals surface area contributed by atoms with Crippen molar-refractivity contribution in [2.24, 2.45) is 7.05 Å². The maximum atomic E-state index is 5.20. The zero-order valence-corrected chi connectivity index (χ0v) is 15.2. The molecule has 0 saturated carbocycles. The van der Waals surface area contributed by atoms with E-state index in [1.807, 2.05) is 6.26 Å². The van der Waals surface area contributed by atoms with E-state index in [9.17, 15) is 0 Å². The van der Waals surface area contributed by atoms with Gasteiger partial charge in [-0.05, 0) is 51.4 Å². The Kier molecular flexibility index (Phi) is 5.17. The molecule has 4 rings (SSSR count). The normalized spacial score (nSPS) is 23.2. The molecule has 0 bridgehead atoms. The van der Waals surface area contributed by atoms with Gasteiger partial charge in [0, 0.05) is 31.6 Å². The summed E-state index contributed by atoms with van der Waals surface area (Å²) in [5.41, 5.74) is 1.25. The molecule has 2 aromatic rings. The molecule has 0 spiro atoms. The van der Waals surface area contributed by atoms with E-state index in [2.05, 4.69) is 37.7 Å². The molecular weight excluding hydrogens is 314 g/mol. The van der Waals surface area contributed by atoms with E-state index in [0.717, 1.165) is 37.8 Å². The van der Waals surface area contributed by atoms with Crippen molar-refractivity contribution in [3.05, 3.63) is 35.8 Å². The second kappa shape index (κ2) is 7.70. The molecule has 1 unspecified atom stereocenters. The summed E-state index contributed by atoms with van der Waals surface area (Å²) < 4.78 is 7.45. The Hall–Kier alpha value is -1.66. The Morgan fingerprint density at radius 1 is 1.04 bits per heavy atom. The lowest BCUT2D eigenvalue weighted by Crippen LogP contribution is -2.35. The average molecular weight is 343 g/mol. The third-order valence-electron chi connectivity index (χ3n) is 5.67. The fourth-order valence-electron chi connectivity index (χ4n) is 4.24. The molecule has 136 valence electrons. The van der Waals surface area contributed by atoms with E-state index < -0.39 is 0 Å². The first-order chi connectivity index (χ1) is 12.3. The molecular formula is C19H29N5O. The smallest absolute Gasteiger partial charge is 0.146 e. The molecule has 0 aliphatic carbocycles. The highest BCUT2D eigenvalue weighted by Crippen LogP contribution is 2.27. The summed E-state index contributed by atoms with van der Waals surface area (Å²) in [6.07, 6.45) is 10.0. The van der Waals surface area contributed by atoms with Crippen molar-refractivity contribution in [3.63, 3.8) is 0 Å². The Balaban J connectivity index is 1.40. The van der Waals surface area contributed by atoms with Crippen molar-refractivity contribution in [3.8, 4) is 0 Å². The van der Waals surface area contributed by atoms with Crippen LogP contribution >= 0.6 is 0 Å². The average Bonchev–Trinajstić information content (AvgIpc) is 3.27. The van der Waals surface area contributed by atoms with Crippen molar-refractivity contribution in [2.45, 2.75) is 51.1 Å². The zero-order chi connectivity index (χ0) is 17.1. The summed E-state index contributed by atoms with van der Waals surface area (Å²) in [6.45, 7) is 6.51. The van der Waals surface area contributed by atoms with Gasteiger partial charge in [-0.2, -0.15) is 0 Å². The zero-order valence-electron chi connectivity index (χ0n) is 15.2. The van der Waals surface area contributed by atoms with E-state index in [0.29, 0.717) is 5.92 Å². The molecule has 6 heteroatoms. The van der Waals surface area contributed by atoms with Gasteiger partial charge in [-0.1, -0.05) is 6.42 Å². The fourth-order valence-corrected chi connectivity index (χ4v) is 4.24. The fraction of sp³-hybridized carbons (Fsp3) is 0.684. The molecule has 2 saturated heterocycles. The van der Waals surface area contributed by atoms with Gasteiger partial charge in [0.2, 0.25) is 0 Å². The topological polar surface area (TPSA) is 50.3 Å². The molecule has 0 radical (unpaired) electrons.